The third-order valence-corrected chi connectivity index (χ3v) is 3.91. The molecule has 1 aromatic rings. The van der Waals surface area contributed by atoms with Gasteiger partial charge in [0.15, 0.2) is 5.69 Å². The standard InChI is InChI=1S/C12H18N2O3/c1-11(2)6-12(11,7-15)8-5-14(3)13-9(8)10(16)17-4/h5,15H,6-7H2,1-4H3. The van der Waals surface area contributed by atoms with Gasteiger partial charge in [-0.2, -0.15) is 5.10 Å². The van der Waals surface area contributed by atoms with Gasteiger partial charge in [-0.25, -0.2) is 4.79 Å². The number of esters is 1. The summed E-state index contributed by atoms with van der Waals surface area (Å²) >= 11 is 0. The van der Waals surface area contributed by atoms with Gasteiger partial charge in [0.25, 0.3) is 0 Å². The molecule has 0 spiro atoms. The van der Waals surface area contributed by atoms with E-state index in [4.69, 9.17) is 4.74 Å². The van der Waals surface area contributed by atoms with E-state index in [1.807, 2.05) is 0 Å². The molecular formula is C12H18N2O3. The van der Waals surface area contributed by atoms with Gasteiger partial charge in [-0.3, -0.25) is 4.68 Å². The first-order valence-electron chi connectivity index (χ1n) is 5.61. The van der Waals surface area contributed by atoms with Crippen LogP contribution in [-0.4, -0.2) is 34.6 Å². The van der Waals surface area contributed by atoms with Crippen molar-refractivity contribution in [2.24, 2.45) is 12.5 Å². The second-order valence-electron chi connectivity index (χ2n) is 5.36. The average Bonchev–Trinajstić information content (AvgIpc) is 2.65. The van der Waals surface area contributed by atoms with Gasteiger partial charge in [0.05, 0.1) is 13.7 Å². The van der Waals surface area contributed by atoms with Crippen LogP contribution >= 0.6 is 0 Å². The Labute approximate surface area is 100 Å². The fourth-order valence-electron chi connectivity index (χ4n) is 2.61. The topological polar surface area (TPSA) is 64.3 Å². The number of hydrogen-bond donors (Lipinski definition) is 1. The van der Waals surface area contributed by atoms with Crippen molar-refractivity contribution in [3.05, 3.63) is 17.5 Å². The van der Waals surface area contributed by atoms with Gasteiger partial charge in [-0.1, -0.05) is 13.8 Å². The third kappa shape index (κ3) is 1.57. The monoisotopic (exact) mass is 238 g/mol. The summed E-state index contributed by atoms with van der Waals surface area (Å²) < 4.78 is 6.32. The Morgan fingerprint density at radius 1 is 1.65 bits per heavy atom. The largest absolute Gasteiger partial charge is 0.464 e. The Morgan fingerprint density at radius 2 is 2.24 bits per heavy atom. The maximum absolute atomic E-state index is 11.7. The van der Waals surface area contributed by atoms with Gasteiger partial charge in [-0.05, 0) is 11.8 Å². The number of carbonyl (C=O) groups is 1. The molecule has 0 amide bonds. The van der Waals surface area contributed by atoms with Gasteiger partial charge >= 0.3 is 5.97 Å². The van der Waals surface area contributed by atoms with Crippen molar-refractivity contribution in [2.75, 3.05) is 13.7 Å². The summed E-state index contributed by atoms with van der Waals surface area (Å²) in [6.45, 7) is 4.18. The van der Waals surface area contributed by atoms with Crippen LogP contribution in [0.2, 0.25) is 0 Å². The van der Waals surface area contributed by atoms with E-state index in [0.29, 0.717) is 5.69 Å². The minimum absolute atomic E-state index is 0.00639. The molecule has 1 atom stereocenters. The highest BCUT2D eigenvalue weighted by Gasteiger charge is 2.63. The van der Waals surface area contributed by atoms with Gasteiger partial charge < -0.3 is 9.84 Å². The van der Waals surface area contributed by atoms with E-state index in [9.17, 15) is 9.90 Å². The van der Waals surface area contributed by atoms with Crippen LogP contribution in [0.25, 0.3) is 0 Å². The second kappa shape index (κ2) is 3.57. The van der Waals surface area contributed by atoms with Crippen LogP contribution in [0.5, 0.6) is 0 Å². The number of aryl methyl sites for hydroxylation is 1. The van der Waals surface area contributed by atoms with E-state index in [1.165, 1.54) is 7.11 Å². The molecule has 0 bridgehead atoms. The zero-order chi connectivity index (χ0) is 12.8. The van der Waals surface area contributed by atoms with Crippen LogP contribution in [0.4, 0.5) is 0 Å². The van der Waals surface area contributed by atoms with Crippen LogP contribution in [0.3, 0.4) is 0 Å². The number of aliphatic hydroxyl groups is 1. The fraction of sp³-hybridized carbons (Fsp3) is 0.667. The zero-order valence-corrected chi connectivity index (χ0v) is 10.6. The summed E-state index contributed by atoms with van der Waals surface area (Å²) in [5.74, 6) is -0.448. The van der Waals surface area contributed by atoms with Crippen LogP contribution in [0, 0.1) is 5.41 Å². The Hall–Kier alpha value is -1.36. The van der Waals surface area contributed by atoms with Crippen molar-refractivity contribution >= 4 is 5.97 Å². The number of ether oxygens (including phenoxy) is 1. The van der Waals surface area contributed by atoms with Crippen molar-refractivity contribution in [3.8, 4) is 0 Å². The SMILES string of the molecule is COC(=O)c1nn(C)cc1C1(CO)CC1(C)C. The summed E-state index contributed by atoms with van der Waals surface area (Å²) in [6.07, 6.45) is 2.66. The van der Waals surface area contributed by atoms with E-state index < -0.39 is 5.97 Å². The van der Waals surface area contributed by atoms with E-state index in [2.05, 4.69) is 18.9 Å². The average molecular weight is 238 g/mol. The highest BCUT2D eigenvalue weighted by atomic mass is 16.5. The van der Waals surface area contributed by atoms with E-state index in [1.54, 1.807) is 17.9 Å². The number of aliphatic hydroxyl groups excluding tert-OH is 1. The Bertz CT molecular complexity index is 464. The van der Waals surface area contributed by atoms with E-state index >= 15 is 0 Å². The lowest BCUT2D eigenvalue weighted by molar-refractivity contribution is 0.0590. The smallest absolute Gasteiger partial charge is 0.358 e. The summed E-state index contributed by atoms with van der Waals surface area (Å²) in [6, 6.07) is 0. The van der Waals surface area contributed by atoms with Crippen LogP contribution in [0.1, 0.15) is 36.3 Å². The number of aromatic nitrogens is 2. The molecule has 0 saturated heterocycles. The second-order valence-corrected chi connectivity index (χ2v) is 5.36. The van der Waals surface area contributed by atoms with Crippen molar-refractivity contribution < 1.29 is 14.6 Å². The molecule has 1 aromatic heterocycles. The lowest BCUT2D eigenvalue weighted by Gasteiger charge is -2.17. The molecule has 1 unspecified atom stereocenters. The molecule has 1 aliphatic carbocycles. The molecule has 94 valence electrons. The first kappa shape index (κ1) is 12.1. The molecule has 0 radical (unpaired) electrons. The van der Waals surface area contributed by atoms with E-state index in [-0.39, 0.29) is 17.4 Å². The van der Waals surface area contributed by atoms with Gasteiger partial charge in [0.1, 0.15) is 0 Å². The Kier molecular flexibility index (Phi) is 2.54. The Morgan fingerprint density at radius 3 is 2.65 bits per heavy atom. The molecular weight excluding hydrogens is 220 g/mol. The molecule has 1 heterocycles. The van der Waals surface area contributed by atoms with Crippen molar-refractivity contribution in [2.45, 2.75) is 25.7 Å². The molecule has 5 nitrogen and oxygen atoms in total. The minimum atomic E-state index is -0.448. The molecule has 1 saturated carbocycles. The molecule has 1 N–H and O–H groups in total. The molecule has 17 heavy (non-hydrogen) atoms. The number of methoxy groups -OCH3 is 1. The Balaban J connectivity index is 2.49. The third-order valence-electron chi connectivity index (χ3n) is 3.91. The first-order chi connectivity index (χ1) is 7.88. The van der Waals surface area contributed by atoms with Gasteiger partial charge in [0, 0.05) is 24.2 Å². The van der Waals surface area contributed by atoms with Crippen molar-refractivity contribution in [1.82, 2.24) is 9.78 Å². The number of hydrogen-bond acceptors (Lipinski definition) is 4. The summed E-state index contributed by atoms with van der Waals surface area (Å²) in [7, 11) is 3.10. The van der Waals surface area contributed by atoms with Crippen molar-refractivity contribution in [3.63, 3.8) is 0 Å². The van der Waals surface area contributed by atoms with Crippen molar-refractivity contribution in [1.29, 1.82) is 0 Å². The normalized spacial score (nSPS) is 25.7. The van der Waals surface area contributed by atoms with Crippen LogP contribution in [0.15, 0.2) is 6.20 Å². The number of nitrogens with zero attached hydrogens (tertiary/aromatic N) is 2. The quantitative estimate of drug-likeness (QED) is 0.793. The minimum Gasteiger partial charge on any atom is -0.464 e. The summed E-state index contributed by atoms with van der Waals surface area (Å²) in [4.78, 5) is 11.7. The lowest BCUT2D eigenvalue weighted by Crippen LogP contribution is -2.22. The molecule has 5 heteroatoms. The van der Waals surface area contributed by atoms with Crippen LogP contribution < -0.4 is 0 Å². The van der Waals surface area contributed by atoms with Gasteiger partial charge in [-0.15, -0.1) is 0 Å². The fourth-order valence-corrected chi connectivity index (χ4v) is 2.61. The predicted molar refractivity (Wildman–Crippen MR) is 61.7 cm³/mol. The number of rotatable bonds is 3. The first-order valence-corrected chi connectivity index (χ1v) is 5.61. The summed E-state index contributed by atoms with van der Waals surface area (Å²) in [5.41, 5.74) is 0.743. The maximum Gasteiger partial charge on any atom is 0.358 e. The molecule has 1 aliphatic rings. The zero-order valence-electron chi connectivity index (χ0n) is 10.6. The maximum atomic E-state index is 11.7. The van der Waals surface area contributed by atoms with E-state index in [0.717, 1.165) is 12.0 Å². The van der Waals surface area contributed by atoms with Crippen LogP contribution in [-0.2, 0) is 17.2 Å². The molecule has 0 aromatic carbocycles. The predicted octanol–water partition coefficient (Wildman–Crippen LogP) is 0.867. The number of carbonyl (C=O) groups excluding carboxylic acids is 1. The molecule has 2 rings (SSSR count). The highest BCUT2D eigenvalue weighted by Crippen LogP contribution is 2.64. The molecule has 1 fully saturated rings. The summed E-state index contributed by atoms with van der Waals surface area (Å²) in [5, 5.41) is 13.8. The lowest BCUT2D eigenvalue weighted by atomic mass is 9.89. The molecule has 0 aliphatic heterocycles. The van der Waals surface area contributed by atoms with Gasteiger partial charge in [0.2, 0.25) is 0 Å². The highest BCUT2D eigenvalue weighted by molar-refractivity contribution is 5.89.